The molecule has 1 aliphatic rings. The smallest absolute Gasteiger partial charge is 0.460 e. The molecule has 0 spiro atoms. The van der Waals surface area contributed by atoms with Crippen LogP contribution in [0.15, 0.2) is 12.1 Å². The Labute approximate surface area is 144 Å². The minimum atomic E-state index is -5.81. The van der Waals surface area contributed by atoms with E-state index in [1.54, 1.807) is 20.8 Å². The number of carbonyl (C=O) groups is 1. The van der Waals surface area contributed by atoms with Gasteiger partial charge in [-0.3, -0.25) is 4.79 Å². The van der Waals surface area contributed by atoms with Crippen LogP contribution in [-0.2, 0) is 38.9 Å². The van der Waals surface area contributed by atoms with E-state index in [0.29, 0.717) is 18.4 Å². The Morgan fingerprint density at radius 3 is 2.36 bits per heavy atom. The molecule has 0 heterocycles. The summed E-state index contributed by atoms with van der Waals surface area (Å²) in [6, 6.07) is 2.69. The standard InChI is InChI=1S/C16H19F3O5S/c1-15(2,3)23-14(20)9-12-11-6-4-5-10(11)7-8-13(12)24-25(21,22)16(17,18)19/h7-8H,4-6,9H2,1-3H3. The molecule has 9 heteroatoms. The van der Waals surface area contributed by atoms with Gasteiger partial charge in [0.1, 0.15) is 11.4 Å². The molecule has 0 unspecified atom stereocenters. The third-order valence-electron chi connectivity index (χ3n) is 3.58. The molecule has 1 aromatic carbocycles. The maximum atomic E-state index is 12.6. The minimum Gasteiger partial charge on any atom is -0.460 e. The second-order valence-electron chi connectivity index (χ2n) is 6.78. The monoisotopic (exact) mass is 380 g/mol. The Bertz CT molecular complexity index is 776. The molecule has 2 rings (SSSR count). The first-order valence-corrected chi connectivity index (χ1v) is 9.07. The van der Waals surface area contributed by atoms with Gasteiger partial charge in [0.2, 0.25) is 0 Å². The van der Waals surface area contributed by atoms with Crippen molar-refractivity contribution in [3.05, 3.63) is 28.8 Å². The Balaban J connectivity index is 2.40. The van der Waals surface area contributed by atoms with Crippen LogP contribution in [0.1, 0.15) is 43.9 Å². The second kappa shape index (κ2) is 6.51. The quantitative estimate of drug-likeness (QED) is 0.455. The highest BCUT2D eigenvalue weighted by molar-refractivity contribution is 7.88. The summed E-state index contributed by atoms with van der Waals surface area (Å²) in [7, 11) is -5.81. The molecular formula is C16H19F3O5S. The SMILES string of the molecule is CC(C)(C)OC(=O)Cc1c(OS(=O)(=O)C(F)(F)F)ccc2c1CCC2. The number of esters is 1. The molecule has 0 aliphatic heterocycles. The molecular weight excluding hydrogens is 361 g/mol. The van der Waals surface area contributed by atoms with E-state index in [1.165, 1.54) is 6.07 Å². The molecule has 1 aliphatic carbocycles. The summed E-state index contributed by atoms with van der Waals surface area (Å²) >= 11 is 0. The number of fused-ring (bicyclic) bond motifs is 1. The van der Waals surface area contributed by atoms with Gasteiger partial charge in [0, 0.05) is 5.56 Å². The lowest BCUT2D eigenvalue weighted by atomic mass is 9.99. The van der Waals surface area contributed by atoms with Crippen molar-refractivity contribution in [3.8, 4) is 5.75 Å². The highest BCUT2D eigenvalue weighted by atomic mass is 32.2. The fourth-order valence-electron chi connectivity index (χ4n) is 2.68. The van der Waals surface area contributed by atoms with E-state index in [0.717, 1.165) is 18.1 Å². The molecule has 25 heavy (non-hydrogen) atoms. The van der Waals surface area contributed by atoms with Crippen LogP contribution in [0.5, 0.6) is 5.75 Å². The van der Waals surface area contributed by atoms with Crippen LogP contribution < -0.4 is 4.18 Å². The van der Waals surface area contributed by atoms with E-state index in [1.807, 2.05) is 0 Å². The van der Waals surface area contributed by atoms with Crippen LogP contribution in [-0.4, -0.2) is 25.5 Å². The summed E-state index contributed by atoms with van der Waals surface area (Å²) in [4.78, 5) is 12.1. The van der Waals surface area contributed by atoms with Crippen molar-refractivity contribution in [3.63, 3.8) is 0 Å². The highest BCUT2D eigenvalue weighted by Gasteiger charge is 2.49. The molecule has 5 nitrogen and oxygen atoms in total. The normalized spacial score (nSPS) is 15.0. The van der Waals surface area contributed by atoms with Crippen LogP contribution in [0.3, 0.4) is 0 Å². The minimum absolute atomic E-state index is 0.136. The van der Waals surface area contributed by atoms with E-state index in [9.17, 15) is 26.4 Å². The van der Waals surface area contributed by atoms with Crippen molar-refractivity contribution >= 4 is 16.1 Å². The largest absolute Gasteiger partial charge is 0.534 e. The number of halogens is 3. The van der Waals surface area contributed by atoms with Gasteiger partial charge in [0.15, 0.2) is 0 Å². The zero-order valence-corrected chi connectivity index (χ0v) is 14.9. The number of carbonyl (C=O) groups excluding carboxylic acids is 1. The number of benzene rings is 1. The lowest BCUT2D eigenvalue weighted by Crippen LogP contribution is -2.29. The van der Waals surface area contributed by atoms with Gasteiger partial charge in [-0.1, -0.05) is 6.07 Å². The van der Waals surface area contributed by atoms with Gasteiger partial charge in [-0.05, 0) is 57.2 Å². The molecule has 0 aromatic heterocycles. The Morgan fingerprint density at radius 2 is 1.80 bits per heavy atom. The van der Waals surface area contributed by atoms with E-state index < -0.39 is 32.9 Å². The number of hydrogen-bond donors (Lipinski definition) is 0. The summed E-state index contributed by atoms with van der Waals surface area (Å²) in [6.45, 7) is 4.98. The first kappa shape index (κ1) is 19.6. The summed E-state index contributed by atoms with van der Waals surface area (Å²) < 4.78 is 69.9. The van der Waals surface area contributed by atoms with Crippen molar-refractivity contribution in [2.75, 3.05) is 0 Å². The Morgan fingerprint density at radius 1 is 1.16 bits per heavy atom. The molecule has 0 saturated carbocycles. The summed E-state index contributed by atoms with van der Waals surface area (Å²) in [6.07, 6.45) is 1.66. The van der Waals surface area contributed by atoms with Gasteiger partial charge >= 0.3 is 21.6 Å². The lowest BCUT2D eigenvalue weighted by Gasteiger charge is -2.21. The zero-order chi connectivity index (χ0) is 19.0. The Hall–Kier alpha value is -1.77. The van der Waals surface area contributed by atoms with Gasteiger partial charge in [0.05, 0.1) is 6.42 Å². The van der Waals surface area contributed by atoms with Gasteiger partial charge in [-0.2, -0.15) is 21.6 Å². The number of alkyl halides is 3. The van der Waals surface area contributed by atoms with Crippen molar-refractivity contribution < 1.29 is 35.3 Å². The predicted octanol–water partition coefficient (Wildman–Crippen LogP) is 3.29. The lowest BCUT2D eigenvalue weighted by molar-refractivity contribution is -0.153. The fourth-order valence-corrected chi connectivity index (χ4v) is 3.17. The average Bonchev–Trinajstić information content (AvgIpc) is 2.86. The van der Waals surface area contributed by atoms with Gasteiger partial charge in [-0.25, -0.2) is 0 Å². The number of ether oxygens (including phenoxy) is 1. The van der Waals surface area contributed by atoms with Crippen LogP contribution >= 0.6 is 0 Å². The molecule has 0 fully saturated rings. The first-order chi connectivity index (χ1) is 11.3. The van der Waals surface area contributed by atoms with Crippen LogP contribution in [0, 0.1) is 0 Å². The van der Waals surface area contributed by atoms with Crippen molar-refractivity contribution in [2.45, 2.75) is 57.6 Å². The third kappa shape index (κ3) is 4.65. The third-order valence-corrected chi connectivity index (χ3v) is 4.55. The predicted molar refractivity (Wildman–Crippen MR) is 83.6 cm³/mol. The van der Waals surface area contributed by atoms with Crippen molar-refractivity contribution in [2.24, 2.45) is 0 Å². The van der Waals surface area contributed by atoms with Crippen molar-refractivity contribution in [1.29, 1.82) is 0 Å². The van der Waals surface area contributed by atoms with E-state index in [2.05, 4.69) is 4.18 Å². The van der Waals surface area contributed by atoms with Gasteiger partial charge in [0.25, 0.3) is 0 Å². The number of hydrogen-bond acceptors (Lipinski definition) is 5. The van der Waals surface area contributed by atoms with E-state index >= 15 is 0 Å². The average molecular weight is 380 g/mol. The van der Waals surface area contributed by atoms with Crippen molar-refractivity contribution in [1.82, 2.24) is 0 Å². The topological polar surface area (TPSA) is 69.7 Å². The molecule has 0 atom stereocenters. The van der Waals surface area contributed by atoms with E-state index in [4.69, 9.17) is 4.74 Å². The van der Waals surface area contributed by atoms with E-state index in [-0.39, 0.29) is 12.0 Å². The fraction of sp³-hybridized carbons (Fsp3) is 0.562. The zero-order valence-electron chi connectivity index (χ0n) is 14.1. The van der Waals surface area contributed by atoms with Crippen LogP contribution in [0.4, 0.5) is 13.2 Å². The number of aryl methyl sites for hydroxylation is 1. The molecule has 1 aromatic rings. The first-order valence-electron chi connectivity index (χ1n) is 7.66. The summed E-state index contributed by atoms with van der Waals surface area (Å²) in [5.74, 6) is -1.15. The van der Waals surface area contributed by atoms with Crippen LogP contribution in [0.2, 0.25) is 0 Å². The molecule has 0 saturated heterocycles. The summed E-state index contributed by atoms with van der Waals surface area (Å²) in [5.41, 5.74) is -4.66. The molecule has 0 radical (unpaired) electrons. The van der Waals surface area contributed by atoms with Gasteiger partial charge in [-0.15, -0.1) is 0 Å². The maximum Gasteiger partial charge on any atom is 0.534 e. The second-order valence-corrected chi connectivity index (χ2v) is 8.32. The molecule has 0 amide bonds. The summed E-state index contributed by atoms with van der Waals surface area (Å²) in [5, 5.41) is 0. The maximum absolute atomic E-state index is 12.6. The van der Waals surface area contributed by atoms with Gasteiger partial charge < -0.3 is 8.92 Å². The Kier molecular flexibility index (Phi) is 5.09. The molecule has 140 valence electrons. The van der Waals surface area contributed by atoms with Crippen LogP contribution in [0.25, 0.3) is 0 Å². The highest BCUT2D eigenvalue weighted by Crippen LogP contribution is 2.35. The molecule has 0 bridgehead atoms. The number of rotatable bonds is 4. The molecule has 0 N–H and O–H groups in total.